The number of nitrogens with zero attached hydrogens (tertiary/aromatic N) is 1. The van der Waals surface area contributed by atoms with Crippen molar-refractivity contribution in [2.24, 2.45) is 0 Å². The van der Waals surface area contributed by atoms with Gasteiger partial charge in [-0.05, 0) is 36.8 Å². The molecule has 0 saturated heterocycles. The third-order valence-electron chi connectivity index (χ3n) is 4.31. The van der Waals surface area contributed by atoms with Crippen molar-refractivity contribution in [1.29, 1.82) is 5.26 Å². The first-order valence-corrected chi connectivity index (χ1v) is 9.63. The van der Waals surface area contributed by atoms with Crippen LogP contribution in [0.25, 0.3) is 0 Å². The molecule has 2 aromatic carbocycles. The number of carbonyl (C=O) groups is 2. The summed E-state index contributed by atoms with van der Waals surface area (Å²) in [6.45, 7) is 1.96. The van der Waals surface area contributed by atoms with E-state index in [1.807, 2.05) is 31.2 Å². The fraction of sp³-hybridized carbons (Fsp3) is 0.190. The summed E-state index contributed by atoms with van der Waals surface area (Å²) in [6, 6.07) is 15.3. The zero-order valence-corrected chi connectivity index (χ0v) is 16.0. The van der Waals surface area contributed by atoms with E-state index >= 15 is 0 Å². The van der Waals surface area contributed by atoms with Crippen LogP contribution in [0.3, 0.4) is 0 Å². The van der Waals surface area contributed by atoms with Gasteiger partial charge < -0.3 is 10.6 Å². The van der Waals surface area contributed by atoms with Gasteiger partial charge in [0.25, 0.3) is 0 Å². The van der Waals surface area contributed by atoms with Gasteiger partial charge >= 0.3 is 0 Å². The summed E-state index contributed by atoms with van der Waals surface area (Å²) < 4.78 is 13.2. The van der Waals surface area contributed by atoms with E-state index in [-0.39, 0.29) is 29.8 Å². The van der Waals surface area contributed by atoms with Crippen LogP contribution in [0.1, 0.15) is 23.5 Å². The molecule has 5 nitrogen and oxygen atoms in total. The molecule has 0 saturated carbocycles. The van der Waals surface area contributed by atoms with Gasteiger partial charge in [0.05, 0.1) is 22.4 Å². The third kappa shape index (κ3) is 4.78. The Balaban J connectivity index is 1.73. The zero-order valence-electron chi connectivity index (χ0n) is 15.2. The number of rotatable bonds is 5. The predicted octanol–water partition coefficient (Wildman–Crippen LogP) is 3.84. The van der Waals surface area contributed by atoms with Crippen molar-refractivity contribution < 1.29 is 14.0 Å². The number of halogens is 1. The average molecular weight is 395 g/mol. The molecule has 2 aromatic rings. The first-order valence-electron chi connectivity index (χ1n) is 8.65. The number of benzene rings is 2. The molecular weight excluding hydrogens is 377 g/mol. The fourth-order valence-corrected chi connectivity index (χ4v) is 3.76. The van der Waals surface area contributed by atoms with Crippen molar-refractivity contribution in [2.45, 2.75) is 19.3 Å². The lowest BCUT2D eigenvalue weighted by Gasteiger charge is -2.25. The van der Waals surface area contributed by atoms with Crippen molar-refractivity contribution in [1.82, 2.24) is 5.32 Å². The maximum Gasteiger partial charge on any atom is 0.234 e. The number of aryl methyl sites for hydroxylation is 1. The van der Waals surface area contributed by atoms with Gasteiger partial charge in [-0.1, -0.05) is 41.6 Å². The molecule has 0 fully saturated rings. The zero-order chi connectivity index (χ0) is 20.1. The SMILES string of the molecule is Cc1ccc(NC(=O)CSC2=C(C#N)[C@H](c3ccc(F)cc3)CC(=O)N2)cc1. The Hall–Kier alpha value is -3.11. The topological polar surface area (TPSA) is 82.0 Å². The number of hydrogen-bond acceptors (Lipinski definition) is 4. The molecule has 1 aliphatic heterocycles. The summed E-state index contributed by atoms with van der Waals surface area (Å²) in [5.41, 5.74) is 2.84. The number of carbonyl (C=O) groups excluding carboxylic acids is 2. The number of anilines is 1. The van der Waals surface area contributed by atoms with E-state index in [0.717, 1.165) is 17.3 Å². The molecule has 0 radical (unpaired) electrons. The summed E-state index contributed by atoms with van der Waals surface area (Å²) in [5.74, 6) is -1.27. The van der Waals surface area contributed by atoms with Crippen molar-refractivity contribution in [3.05, 3.63) is 76.1 Å². The minimum atomic E-state index is -0.456. The maximum absolute atomic E-state index is 13.2. The van der Waals surface area contributed by atoms with Crippen LogP contribution >= 0.6 is 11.8 Å². The van der Waals surface area contributed by atoms with E-state index in [9.17, 15) is 19.2 Å². The molecule has 2 N–H and O–H groups in total. The quantitative estimate of drug-likeness (QED) is 0.806. The van der Waals surface area contributed by atoms with Crippen LogP contribution in [0.2, 0.25) is 0 Å². The van der Waals surface area contributed by atoms with E-state index in [1.165, 1.54) is 12.1 Å². The van der Waals surface area contributed by atoms with Crippen LogP contribution in [0.4, 0.5) is 10.1 Å². The number of nitrogens with one attached hydrogen (secondary N) is 2. The van der Waals surface area contributed by atoms with E-state index in [1.54, 1.807) is 12.1 Å². The molecule has 0 spiro atoms. The van der Waals surface area contributed by atoms with Crippen LogP contribution < -0.4 is 10.6 Å². The van der Waals surface area contributed by atoms with Crippen LogP contribution in [0.5, 0.6) is 0 Å². The number of allylic oxidation sites excluding steroid dienone is 1. The fourth-order valence-electron chi connectivity index (χ4n) is 2.88. The molecule has 3 rings (SSSR count). The van der Waals surface area contributed by atoms with Gasteiger partial charge in [0, 0.05) is 18.0 Å². The monoisotopic (exact) mass is 395 g/mol. The number of hydrogen-bond donors (Lipinski definition) is 2. The molecule has 0 bridgehead atoms. The van der Waals surface area contributed by atoms with Crippen molar-refractivity contribution in [3.63, 3.8) is 0 Å². The molecule has 1 atom stereocenters. The van der Waals surface area contributed by atoms with Crippen molar-refractivity contribution in [2.75, 3.05) is 11.1 Å². The highest BCUT2D eigenvalue weighted by Gasteiger charge is 2.29. The Bertz CT molecular complexity index is 963. The van der Waals surface area contributed by atoms with Gasteiger partial charge in [-0.25, -0.2) is 4.39 Å². The third-order valence-corrected chi connectivity index (χ3v) is 5.33. The highest BCUT2D eigenvalue weighted by atomic mass is 32.2. The Morgan fingerprint density at radius 3 is 2.57 bits per heavy atom. The summed E-state index contributed by atoms with van der Waals surface area (Å²) in [7, 11) is 0. The van der Waals surface area contributed by atoms with Gasteiger partial charge in [0.15, 0.2) is 0 Å². The second-order valence-electron chi connectivity index (χ2n) is 6.41. The Morgan fingerprint density at radius 2 is 1.93 bits per heavy atom. The van der Waals surface area contributed by atoms with Crippen LogP contribution in [-0.2, 0) is 9.59 Å². The minimum Gasteiger partial charge on any atom is -0.325 e. The Labute approximate surface area is 166 Å². The van der Waals surface area contributed by atoms with Gasteiger partial charge in [-0.3, -0.25) is 9.59 Å². The van der Waals surface area contributed by atoms with E-state index < -0.39 is 5.92 Å². The number of thioether (sulfide) groups is 1. The second-order valence-corrected chi connectivity index (χ2v) is 7.40. The first kappa shape index (κ1) is 19.6. The molecule has 1 aliphatic rings. The van der Waals surface area contributed by atoms with Gasteiger partial charge in [0.1, 0.15) is 5.82 Å². The molecule has 1 heterocycles. The highest BCUT2D eigenvalue weighted by molar-refractivity contribution is 8.03. The van der Waals surface area contributed by atoms with Crippen LogP contribution in [0, 0.1) is 24.1 Å². The molecule has 0 aliphatic carbocycles. The second kappa shape index (κ2) is 8.72. The lowest BCUT2D eigenvalue weighted by Crippen LogP contribution is -2.31. The molecule has 2 amide bonds. The molecule has 0 unspecified atom stereocenters. The van der Waals surface area contributed by atoms with Gasteiger partial charge in [0.2, 0.25) is 11.8 Å². The average Bonchev–Trinajstić information content (AvgIpc) is 2.68. The van der Waals surface area contributed by atoms with E-state index in [2.05, 4.69) is 16.7 Å². The Kier molecular flexibility index (Phi) is 6.12. The van der Waals surface area contributed by atoms with E-state index in [0.29, 0.717) is 21.9 Å². The molecule has 7 heteroatoms. The van der Waals surface area contributed by atoms with Crippen LogP contribution in [0.15, 0.2) is 59.1 Å². The largest absolute Gasteiger partial charge is 0.325 e. The standard InChI is InChI=1S/C21H18FN3O2S/c1-13-2-8-16(9-3-13)24-20(27)12-28-21-18(11-23)17(10-19(26)25-21)14-4-6-15(22)7-5-14/h2-9,17H,10,12H2,1H3,(H,24,27)(H,25,26)/t17-/m0/s1. The number of nitriles is 1. The summed E-state index contributed by atoms with van der Waals surface area (Å²) in [4.78, 5) is 24.3. The maximum atomic E-state index is 13.2. The summed E-state index contributed by atoms with van der Waals surface area (Å²) >= 11 is 1.10. The lowest BCUT2D eigenvalue weighted by atomic mass is 9.87. The van der Waals surface area contributed by atoms with E-state index in [4.69, 9.17) is 0 Å². The smallest absolute Gasteiger partial charge is 0.234 e. The summed E-state index contributed by atoms with van der Waals surface area (Å²) in [5, 5.41) is 15.4. The van der Waals surface area contributed by atoms with Gasteiger partial charge in [-0.15, -0.1) is 0 Å². The number of amides is 2. The normalized spacial score (nSPS) is 16.3. The molecule has 142 valence electrons. The highest BCUT2D eigenvalue weighted by Crippen LogP contribution is 2.35. The molecular formula is C21H18FN3O2S. The van der Waals surface area contributed by atoms with Crippen molar-refractivity contribution in [3.8, 4) is 6.07 Å². The minimum absolute atomic E-state index is 0.0464. The Morgan fingerprint density at radius 1 is 1.25 bits per heavy atom. The molecule has 0 aromatic heterocycles. The lowest BCUT2D eigenvalue weighted by molar-refractivity contribution is -0.121. The molecule has 28 heavy (non-hydrogen) atoms. The van der Waals surface area contributed by atoms with Gasteiger partial charge in [-0.2, -0.15) is 5.26 Å². The van der Waals surface area contributed by atoms with Crippen molar-refractivity contribution >= 4 is 29.3 Å². The summed E-state index contributed by atoms with van der Waals surface area (Å²) in [6.07, 6.45) is 0.105. The van der Waals surface area contributed by atoms with Crippen LogP contribution in [-0.4, -0.2) is 17.6 Å². The first-order chi connectivity index (χ1) is 13.5. The predicted molar refractivity (Wildman–Crippen MR) is 107 cm³/mol.